The molecule has 1 heterocycles. The highest BCUT2D eigenvalue weighted by atomic mass is 32.2. The molecule has 3 aromatic carbocycles. The zero-order valence-electron chi connectivity index (χ0n) is 16.0. The fraction of sp³-hybridized carbons (Fsp3) is 0.136. The van der Waals surface area contributed by atoms with Gasteiger partial charge in [-0.3, -0.25) is 9.10 Å². The van der Waals surface area contributed by atoms with E-state index in [1.54, 1.807) is 12.1 Å². The molecule has 0 aliphatic carbocycles. The van der Waals surface area contributed by atoms with Crippen LogP contribution in [0.1, 0.15) is 22.8 Å². The third kappa shape index (κ3) is 3.54. The number of hydrogen-bond acceptors (Lipinski definition) is 3. The van der Waals surface area contributed by atoms with Crippen LogP contribution in [0.25, 0.3) is 0 Å². The van der Waals surface area contributed by atoms with E-state index in [0.717, 1.165) is 23.8 Å². The normalized spacial score (nSPS) is 15.7. The maximum absolute atomic E-state index is 13.8. The van der Waals surface area contributed by atoms with Crippen molar-refractivity contribution < 1.29 is 22.0 Å². The zero-order chi connectivity index (χ0) is 21.5. The van der Waals surface area contributed by atoms with Crippen molar-refractivity contribution in [2.45, 2.75) is 24.3 Å². The van der Waals surface area contributed by atoms with Gasteiger partial charge in [0.2, 0.25) is 0 Å². The van der Waals surface area contributed by atoms with Gasteiger partial charge in [0.1, 0.15) is 11.6 Å². The van der Waals surface area contributed by atoms with E-state index in [0.29, 0.717) is 12.1 Å². The first-order valence-electron chi connectivity index (χ1n) is 9.26. The lowest BCUT2D eigenvalue weighted by Gasteiger charge is -2.24. The Kier molecular flexibility index (Phi) is 5.03. The number of nitrogens with zero attached hydrogens (tertiary/aromatic N) is 1. The number of halogens is 2. The second-order valence-corrected chi connectivity index (χ2v) is 8.90. The highest BCUT2D eigenvalue weighted by Crippen LogP contribution is 2.36. The summed E-state index contributed by atoms with van der Waals surface area (Å²) in [4.78, 5) is 12.5. The lowest BCUT2D eigenvalue weighted by atomic mass is 10.1. The van der Waals surface area contributed by atoms with Crippen LogP contribution in [0.4, 0.5) is 20.2 Å². The highest BCUT2D eigenvalue weighted by molar-refractivity contribution is 7.92. The fourth-order valence-corrected chi connectivity index (χ4v) is 5.34. The van der Waals surface area contributed by atoms with Gasteiger partial charge in [-0.1, -0.05) is 24.3 Å². The zero-order valence-corrected chi connectivity index (χ0v) is 16.8. The smallest absolute Gasteiger partial charge is 0.264 e. The van der Waals surface area contributed by atoms with E-state index in [2.05, 4.69) is 5.32 Å². The minimum Gasteiger partial charge on any atom is -0.319 e. The van der Waals surface area contributed by atoms with Gasteiger partial charge in [0, 0.05) is 17.7 Å². The third-order valence-electron chi connectivity index (χ3n) is 4.97. The summed E-state index contributed by atoms with van der Waals surface area (Å²) in [6.45, 7) is 1.82. The minimum atomic E-state index is -3.93. The number of sulfonamides is 1. The van der Waals surface area contributed by atoms with Crippen LogP contribution in [0.5, 0.6) is 0 Å². The Balaban J connectivity index is 1.66. The lowest BCUT2D eigenvalue weighted by Crippen LogP contribution is -2.35. The van der Waals surface area contributed by atoms with Crippen molar-refractivity contribution in [2.24, 2.45) is 0 Å². The Bertz CT molecular complexity index is 1240. The Morgan fingerprint density at radius 3 is 2.60 bits per heavy atom. The van der Waals surface area contributed by atoms with Crippen molar-refractivity contribution in [3.05, 3.63) is 89.5 Å². The van der Waals surface area contributed by atoms with Gasteiger partial charge in [-0.2, -0.15) is 0 Å². The number of anilines is 2. The van der Waals surface area contributed by atoms with Gasteiger partial charge in [-0.15, -0.1) is 0 Å². The summed E-state index contributed by atoms with van der Waals surface area (Å²) in [5, 5.41) is 2.28. The fourth-order valence-electron chi connectivity index (χ4n) is 3.60. The number of amides is 1. The van der Waals surface area contributed by atoms with Gasteiger partial charge < -0.3 is 5.32 Å². The molecular weight excluding hydrogens is 410 g/mol. The second kappa shape index (κ2) is 7.53. The largest absolute Gasteiger partial charge is 0.319 e. The summed E-state index contributed by atoms with van der Waals surface area (Å²) in [7, 11) is -3.93. The van der Waals surface area contributed by atoms with Crippen LogP contribution in [0, 0.1) is 11.6 Å². The van der Waals surface area contributed by atoms with E-state index in [1.165, 1.54) is 28.6 Å². The van der Waals surface area contributed by atoms with Crippen molar-refractivity contribution in [1.82, 2.24) is 0 Å². The van der Waals surface area contributed by atoms with Crippen molar-refractivity contribution in [1.29, 1.82) is 0 Å². The summed E-state index contributed by atoms with van der Waals surface area (Å²) in [6.07, 6.45) is 0.592. The maximum Gasteiger partial charge on any atom is 0.264 e. The molecular formula is C22H18F2N2O3S. The lowest BCUT2D eigenvalue weighted by molar-refractivity contribution is 0.102. The molecule has 0 spiro atoms. The number of hydrogen-bond donors (Lipinski definition) is 1. The Morgan fingerprint density at radius 2 is 1.80 bits per heavy atom. The number of carbonyl (C=O) groups excluding carboxylic acids is 1. The topological polar surface area (TPSA) is 66.5 Å². The summed E-state index contributed by atoms with van der Waals surface area (Å²) in [5.74, 6) is -2.24. The van der Waals surface area contributed by atoms with E-state index < -0.39 is 27.6 Å². The van der Waals surface area contributed by atoms with Crippen molar-refractivity contribution >= 4 is 27.3 Å². The average molecular weight is 428 g/mol. The van der Waals surface area contributed by atoms with Crippen molar-refractivity contribution in [3.8, 4) is 0 Å². The Morgan fingerprint density at radius 1 is 1.03 bits per heavy atom. The second-order valence-electron chi connectivity index (χ2n) is 7.09. The van der Waals surface area contributed by atoms with Gasteiger partial charge in [0.05, 0.1) is 16.3 Å². The average Bonchev–Trinajstić information content (AvgIpc) is 3.07. The highest BCUT2D eigenvalue weighted by Gasteiger charge is 2.36. The molecule has 0 saturated heterocycles. The molecule has 0 radical (unpaired) electrons. The molecule has 1 amide bonds. The minimum absolute atomic E-state index is 0.0138. The van der Waals surface area contributed by atoms with E-state index in [4.69, 9.17) is 0 Å². The van der Waals surface area contributed by atoms with Crippen molar-refractivity contribution in [2.75, 3.05) is 9.62 Å². The molecule has 154 valence electrons. The van der Waals surface area contributed by atoms with Crippen LogP contribution < -0.4 is 9.62 Å². The molecule has 0 fully saturated rings. The van der Waals surface area contributed by atoms with Gasteiger partial charge in [0.25, 0.3) is 15.9 Å². The van der Waals surface area contributed by atoms with E-state index in [9.17, 15) is 22.0 Å². The molecule has 1 aliphatic heterocycles. The Labute approximate surface area is 173 Å². The molecule has 0 unspecified atom stereocenters. The molecule has 4 rings (SSSR count). The van der Waals surface area contributed by atoms with E-state index in [1.807, 2.05) is 19.1 Å². The van der Waals surface area contributed by atoms with Crippen molar-refractivity contribution in [3.63, 3.8) is 0 Å². The molecule has 30 heavy (non-hydrogen) atoms. The monoisotopic (exact) mass is 428 g/mol. The molecule has 1 atom stereocenters. The number of fused-ring (bicyclic) bond motifs is 1. The van der Waals surface area contributed by atoms with E-state index in [-0.39, 0.29) is 22.2 Å². The third-order valence-corrected chi connectivity index (χ3v) is 6.90. The molecule has 1 N–H and O–H groups in total. The number of nitrogens with one attached hydrogen (secondary N) is 1. The summed E-state index contributed by atoms with van der Waals surface area (Å²) in [6, 6.07) is 15.2. The Hall–Kier alpha value is -3.26. The van der Waals surface area contributed by atoms with Crippen LogP contribution in [0.3, 0.4) is 0 Å². The standard InChI is InChI=1S/C22H18F2N2O3S/c1-14-11-15-5-2-3-8-21(15)26(14)30(28,29)18-7-4-6-16(12-18)22(27)25-20-13-17(23)9-10-19(20)24/h2-10,12-14H,11H2,1H3,(H,25,27)/t14-/m0/s1. The number of benzene rings is 3. The summed E-state index contributed by atoms with van der Waals surface area (Å²) >= 11 is 0. The molecule has 0 saturated carbocycles. The number of rotatable bonds is 4. The van der Waals surface area contributed by atoms with Gasteiger partial charge in [-0.25, -0.2) is 17.2 Å². The number of carbonyl (C=O) groups is 1. The molecule has 5 nitrogen and oxygen atoms in total. The van der Waals surface area contributed by atoms with Gasteiger partial charge in [0.15, 0.2) is 0 Å². The first-order chi connectivity index (χ1) is 14.3. The van der Waals surface area contributed by atoms with Crippen LogP contribution in [0.2, 0.25) is 0 Å². The first-order valence-corrected chi connectivity index (χ1v) is 10.7. The SMILES string of the molecule is C[C@H]1Cc2ccccc2N1S(=O)(=O)c1cccc(C(=O)Nc2cc(F)ccc2F)c1. The molecule has 1 aliphatic rings. The molecule has 0 bridgehead atoms. The van der Waals surface area contributed by atoms with Gasteiger partial charge >= 0.3 is 0 Å². The van der Waals surface area contributed by atoms with Crippen LogP contribution in [-0.2, 0) is 16.4 Å². The molecule has 3 aromatic rings. The van der Waals surface area contributed by atoms with Gasteiger partial charge in [-0.05, 0) is 55.3 Å². The molecule has 8 heteroatoms. The molecule has 0 aromatic heterocycles. The number of para-hydroxylation sites is 1. The van der Waals surface area contributed by atoms with Crippen LogP contribution >= 0.6 is 0 Å². The summed E-state index contributed by atoms with van der Waals surface area (Å²) < 4.78 is 55.2. The quantitative estimate of drug-likeness (QED) is 0.672. The summed E-state index contributed by atoms with van der Waals surface area (Å²) in [5.41, 5.74) is 1.24. The van der Waals surface area contributed by atoms with Crippen LogP contribution in [-0.4, -0.2) is 20.4 Å². The first kappa shape index (κ1) is 20.0. The van der Waals surface area contributed by atoms with E-state index >= 15 is 0 Å². The maximum atomic E-state index is 13.8. The predicted octanol–water partition coefficient (Wildman–Crippen LogP) is 4.36. The van der Waals surface area contributed by atoms with Crippen LogP contribution in [0.15, 0.2) is 71.6 Å². The predicted molar refractivity (Wildman–Crippen MR) is 110 cm³/mol.